The number of ketones is 1. The molecule has 0 aliphatic carbocycles. The van der Waals surface area contributed by atoms with Gasteiger partial charge in [-0.05, 0) is 38.4 Å². The van der Waals surface area contributed by atoms with Crippen LogP contribution in [0, 0.1) is 0 Å². The van der Waals surface area contributed by atoms with E-state index >= 15 is 0 Å². The molecule has 0 aliphatic rings. The molecule has 0 heterocycles. The molecule has 1 aromatic carbocycles. The average Bonchev–Trinajstić information content (AvgIpc) is 2.28. The molecule has 0 aromatic heterocycles. The summed E-state index contributed by atoms with van der Waals surface area (Å²) in [6, 6.07) is 8.21. The third kappa shape index (κ3) is 3.63. The lowest BCUT2D eigenvalue weighted by molar-refractivity contribution is -0.118. The summed E-state index contributed by atoms with van der Waals surface area (Å²) in [4.78, 5) is 11.3. The minimum atomic E-state index is -0.0763. The summed E-state index contributed by atoms with van der Waals surface area (Å²) in [6.45, 7) is 3.62. The number of hydrogen-bond acceptors (Lipinski definition) is 2. The highest BCUT2D eigenvalue weighted by Gasteiger charge is 2.11. The van der Waals surface area contributed by atoms with Crippen LogP contribution < -0.4 is 5.32 Å². The SMILES string of the molecule is CC=Cc1ccc(C[C@H](NC)C(C)=O)cc1. The second-order valence-electron chi connectivity index (χ2n) is 3.90. The van der Waals surface area contributed by atoms with Crippen molar-refractivity contribution in [1.82, 2.24) is 5.32 Å². The molecular formula is C14H19NO. The van der Waals surface area contributed by atoms with Crippen LogP contribution in [0.1, 0.15) is 25.0 Å². The van der Waals surface area contributed by atoms with Gasteiger partial charge >= 0.3 is 0 Å². The summed E-state index contributed by atoms with van der Waals surface area (Å²) in [5, 5.41) is 3.03. The fourth-order valence-corrected chi connectivity index (χ4v) is 1.64. The lowest BCUT2D eigenvalue weighted by Crippen LogP contribution is -2.34. The topological polar surface area (TPSA) is 29.1 Å². The molecule has 1 rings (SSSR count). The molecule has 0 unspecified atom stereocenters. The van der Waals surface area contributed by atoms with Crippen LogP contribution in [0.3, 0.4) is 0 Å². The summed E-state index contributed by atoms with van der Waals surface area (Å²) in [5.41, 5.74) is 2.37. The van der Waals surface area contributed by atoms with Gasteiger partial charge in [-0.3, -0.25) is 4.79 Å². The Hall–Kier alpha value is -1.41. The highest BCUT2D eigenvalue weighted by Crippen LogP contribution is 2.08. The molecule has 1 atom stereocenters. The Balaban J connectivity index is 2.71. The van der Waals surface area contributed by atoms with Crippen molar-refractivity contribution in [1.29, 1.82) is 0 Å². The maximum atomic E-state index is 11.3. The van der Waals surface area contributed by atoms with Gasteiger partial charge in [0.05, 0.1) is 6.04 Å². The molecule has 1 N–H and O–H groups in total. The van der Waals surface area contributed by atoms with Gasteiger partial charge in [-0.1, -0.05) is 36.4 Å². The van der Waals surface area contributed by atoms with Gasteiger partial charge in [-0.25, -0.2) is 0 Å². The van der Waals surface area contributed by atoms with E-state index in [4.69, 9.17) is 0 Å². The first-order valence-corrected chi connectivity index (χ1v) is 5.56. The molecule has 0 bridgehead atoms. The Morgan fingerprint density at radius 3 is 2.44 bits per heavy atom. The van der Waals surface area contributed by atoms with Crippen LogP contribution in [0.15, 0.2) is 30.3 Å². The van der Waals surface area contributed by atoms with E-state index in [0.717, 1.165) is 6.42 Å². The molecular weight excluding hydrogens is 198 g/mol. The molecule has 0 saturated carbocycles. The van der Waals surface area contributed by atoms with E-state index in [1.807, 2.05) is 20.0 Å². The molecule has 0 saturated heterocycles. The molecule has 16 heavy (non-hydrogen) atoms. The standard InChI is InChI=1S/C14H19NO/c1-4-5-12-6-8-13(9-7-12)10-14(15-3)11(2)16/h4-9,14-15H,10H2,1-3H3/t14-/m0/s1. The zero-order valence-electron chi connectivity index (χ0n) is 10.2. The van der Waals surface area contributed by atoms with Crippen LogP contribution in [0.2, 0.25) is 0 Å². The predicted octanol–water partition coefficient (Wildman–Crippen LogP) is 2.44. The zero-order valence-corrected chi connectivity index (χ0v) is 10.2. The predicted molar refractivity (Wildman–Crippen MR) is 68.4 cm³/mol. The summed E-state index contributed by atoms with van der Waals surface area (Å²) in [6.07, 6.45) is 4.83. The molecule has 2 heteroatoms. The van der Waals surface area contributed by atoms with Gasteiger partial charge in [0, 0.05) is 0 Å². The monoisotopic (exact) mass is 217 g/mol. The Labute approximate surface area is 97.4 Å². The minimum Gasteiger partial charge on any atom is -0.310 e. The van der Waals surface area contributed by atoms with E-state index in [1.54, 1.807) is 6.92 Å². The smallest absolute Gasteiger partial charge is 0.147 e. The van der Waals surface area contributed by atoms with Crippen LogP contribution in [0.25, 0.3) is 6.08 Å². The van der Waals surface area contributed by atoms with E-state index < -0.39 is 0 Å². The third-order valence-corrected chi connectivity index (χ3v) is 2.62. The average molecular weight is 217 g/mol. The molecule has 0 amide bonds. The van der Waals surface area contributed by atoms with Gasteiger partial charge < -0.3 is 5.32 Å². The Morgan fingerprint density at radius 2 is 2.00 bits per heavy atom. The maximum Gasteiger partial charge on any atom is 0.147 e. The van der Waals surface area contributed by atoms with E-state index in [-0.39, 0.29) is 11.8 Å². The van der Waals surface area contributed by atoms with Crippen molar-refractivity contribution in [2.24, 2.45) is 0 Å². The second kappa shape index (κ2) is 6.23. The quantitative estimate of drug-likeness (QED) is 0.820. The van der Waals surface area contributed by atoms with Crippen molar-refractivity contribution < 1.29 is 4.79 Å². The van der Waals surface area contributed by atoms with Crippen LogP contribution >= 0.6 is 0 Å². The van der Waals surface area contributed by atoms with Gasteiger partial charge in [0.15, 0.2) is 0 Å². The van der Waals surface area contributed by atoms with Crippen molar-refractivity contribution in [2.45, 2.75) is 26.3 Å². The molecule has 86 valence electrons. The van der Waals surface area contributed by atoms with Crippen LogP contribution in [0.5, 0.6) is 0 Å². The fourth-order valence-electron chi connectivity index (χ4n) is 1.64. The molecule has 0 fully saturated rings. The number of hydrogen-bond donors (Lipinski definition) is 1. The normalized spacial score (nSPS) is 12.9. The first kappa shape index (κ1) is 12.7. The van der Waals surface area contributed by atoms with Crippen LogP contribution in [-0.4, -0.2) is 18.9 Å². The summed E-state index contributed by atoms with van der Waals surface area (Å²) < 4.78 is 0. The number of nitrogens with one attached hydrogen (secondary N) is 1. The number of Topliss-reactive ketones (excluding diaryl/α,β-unsaturated/α-hetero) is 1. The highest BCUT2D eigenvalue weighted by atomic mass is 16.1. The van der Waals surface area contributed by atoms with Crippen molar-refractivity contribution in [3.63, 3.8) is 0 Å². The number of benzene rings is 1. The molecule has 0 spiro atoms. The van der Waals surface area contributed by atoms with E-state index in [1.165, 1.54) is 11.1 Å². The molecule has 2 nitrogen and oxygen atoms in total. The number of carbonyl (C=O) groups excluding carboxylic acids is 1. The van der Waals surface area contributed by atoms with Gasteiger partial charge in [0.1, 0.15) is 5.78 Å². The summed E-state index contributed by atoms with van der Waals surface area (Å²) in [7, 11) is 1.82. The largest absolute Gasteiger partial charge is 0.310 e. The molecule has 0 aliphatic heterocycles. The minimum absolute atomic E-state index is 0.0763. The van der Waals surface area contributed by atoms with Gasteiger partial charge in [0.2, 0.25) is 0 Å². The van der Waals surface area contributed by atoms with E-state index in [0.29, 0.717) is 0 Å². The maximum absolute atomic E-state index is 11.3. The number of rotatable bonds is 5. The first-order chi connectivity index (χ1) is 7.67. The van der Waals surface area contributed by atoms with Crippen LogP contribution in [0.4, 0.5) is 0 Å². The second-order valence-corrected chi connectivity index (χ2v) is 3.90. The van der Waals surface area contributed by atoms with Crippen molar-refractivity contribution in [2.75, 3.05) is 7.05 Å². The Kier molecular flexibility index (Phi) is 4.93. The van der Waals surface area contributed by atoms with Crippen molar-refractivity contribution >= 4 is 11.9 Å². The highest BCUT2D eigenvalue weighted by molar-refractivity contribution is 5.81. The molecule has 1 aromatic rings. The van der Waals surface area contributed by atoms with Gasteiger partial charge in [-0.15, -0.1) is 0 Å². The zero-order chi connectivity index (χ0) is 12.0. The Morgan fingerprint density at radius 1 is 1.38 bits per heavy atom. The van der Waals surface area contributed by atoms with Crippen molar-refractivity contribution in [3.8, 4) is 0 Å². The number of carbonyl (C=O) groups is 1. The first-order valence-electron chi connectivity index (χ1n) is 5.56. The summed E-state index contributed by atoms with van der Waals surface area (Å²) in [5.74, 6) is 0.181. The number of likely N-dealkylation sites (N-methyl/N-ethyl adjacent to an activating group) is 1. The fraction of sp³-hybridized carbons (Fsp3) is 0.357. The summed E-state index contributed by atoms with van der Waals surface area (Å²) >= 11 is 0. The molecule has 0 radical (unpaired) electrons. The lowest BCUT2D eigenvalue weighted by Gasteiger charge is -2.12. The lowest BCUT2D eigenvalue weighted by atomic mass is 10.0. The van der Waals surface area contributed by atoms with E-state index in [2.05, 4.69) is 35.7 Å². The van der Waals surface area contributed by atoms with Crippen LogP contribution in [-0.2, 0) is 11.2 Å². The van der Waals surface area contributed by atoms with E-state index in [9.17, 15) is 4.79 Å². The third-order valence-electron chi connectivity index (χ3n) is 2.62. The number of allylic oxidation sites excluding steroid dienone is 1. The Bertz CT molecular complexity index is 365. The van der Waals surface area contributed by atoms with Gasteiger partial charge in [0.25, 0.3) is 0 Å². The van der Waals surface area contributed by atoms with Gasteiger partial charge in [-0.2, -0.15) is 0 Å². The van der Waals surface area contributed by atoms with Crippen molar-refractivity contribution in [3.05, 3.63) is 41.5 Å².